The second-order valence-electron chi connectivity index (χ2n) is 5.12. The van der Waals surface area contributed by atoms with Gasteiger partial charge in [0.05, 0.1) is 0 Å². The number of nitrogens with one attached hydrogen (secondary N) is 1. The molecule has 1 N–H and O–H groups in total. The first-order valence-corrected chi connectivity index (χ1v) is 7.21. The van der Waals surface area contributed by atoms with Crippen molar-refractivity contribution in [3.8, 4) is 0 Å². The molecule has 2 aromatic rings. The van der Waals surface area contributed by atoms with Crippen molar-refractivity contribution >= 4 is 0 Å². The average molecular weight is 272 g/mol. The molecular weight excluding hydrogens is 248 g/mol. The Morgan fingerprint density at radius 2 is 2.00 bits per heavy atom. The van der Waals surface area contributed by atoms with Crippen molar-refractivity contribution in [3.05, 3.63) is 59.9 Å². The molecule has 1 aromatic carbocycles. The van der Waals surface area contributed by atoms with E-state index in [1.807, 2.05) is 0 Å². The molecule has 0 unspecified atom stereocenters. The van der Waals surface area contributed by atoms with Gasteiger partial charge in [0.25, 0.3) is 0 Å². The van der Waals surface area contributed by atoms with Crippen LogP contribution in [0.3, 0.4) is 0 Å². The number of rotatable bonds is 8. The predicted octanol–water partition coefficient (Wildman–Crippen LogP) is 3.22. The molecule has 3 nitrogen and oxygen atoms in total. The average Bonchev–Trinajstić information content (AvgIpc) is 2.93. The van der Waals surface area contributed by atoms with Crippen LogP contribution in [-0.4, -0.2) is 24.8 Å². The monoisotopic (exact) mass is 272 g/mol. The summed E-state index contributed by atoms with van der Waals surface area (Å²) in [5.74, 6) is 0. The highest BCUT2D eigenvalue weighted by molar-refractivity contribution is 5.19. The number of benzene rings is 1. The van der Waals surface area contributed by atoms with Gasteiger partial charge in [-0.05, 0) is 37.1 Å². The lowest BCUT2D eigenvalue weighted by atomic mass is 10.2. The minimum absolute atomic E-state index is 0.379. The Hall–Kier alpha value is -1.58. The van der Waals surface area contributed by atoms with Crippen molar-refractivity contribution < 1.29 is 4.74 Å². The van der Waals surface area contributed by atoms with Crippen molar-refractivity contribution in [2.75, 3.05) is 20.3 Å². The van der Waals surface area contributed by atoms with E-state index in [0.717, 1.165) is 26.1 Å². The third kappa shape index (κ3) is 4.51. The Morgan fingerprint density at radius 3 is 2.75 bits per heavy atom. The van der Waals surface area contributed by atoms with E-state index in [4.69, 9.17) is 4.74 Å². The molecule has 0 bridgehead atoms. The molecular formula is C17H24N2O. The van der Waals surface area contributed by atoms with Crippen LogP contribution in [0.4, 0.5) is 0 Å². The van der Waals surface area contributed by atoms with Crippen molar-refractivity contribution in [2.45, 2.75) is 25.9 Å². The van der Waals surface area contributed by atoms with E-state index in [9.17, 15) is 0 Å². The molecule has 1 aromatic heterocycles. The molecule has 0 saturated heterocycles. The van der Waals surface area contributed by atoms with E-state index < -0.39 is 0 Å². The van der Waals surface area contributed by atoms with E-state index in [1.54, 1.807) is 7.11 Å². The lowest BCUT2D eigenvalue weighted by Gasteiger charge is -2.12. The third-order valence-electron chi connectivity index (χ3n) is 3.46. The van der Waals surface area contributed by atoms with Crippen molar-refractivity contribution in [2.24, 2.45) is 0 Å². The molecule has 0 aliphatic rings. The molecule has 3 heteroatoms. The zero-order chi connectivity index (χ0) is 14.2. The van der Waals surface area contributed by atoms with Crippen LogP contribution >= 0.6 is 0 Å². The van der Waals surface area contributed by atoms with E-state index in [2.05, 4.69) is 65.6 Å². The molecule has 0 aliphatic carbocycles. The predicted molar refractivity (Wildman–Crippen MR) is 82.9 cm³/mol. The fraction of sp³-hybridized carbons (Fsp3) is 0.412. The van der Waals surface area contributed by atoms with Crippen molar-refractivity contribution in [1.82, 2.24) is 9.88 Å². The molecule has 1 heterocycles. The number of ether oxygens (including phenoxy) is 1. The minimum Gasteiger partial charge on any atom is -0.385 e. The van der Waals surface area contributed by atoms with Gasteiger partial charge in [0.15, 0.2) is 0 Å². The Balaban J connectivity index is 1.85. The summed E-state index contributed by atoms with van der Waals surface area (Å²) in [7, 11) is 1.74. The maximum Gasteiger partial charge on any atom is 0.0474 e. The molecule has 2 rings (SSSR count). The smallest absolute Gasteiger partial charge is 0.0474 e. The summed E-state index contributed by atoms with van der Waals surface area (Å²) in [6, 6.07) is 13.1. The third-order valence-corrected chi connectivity index (χ3v) is 3.46. The van der Waals surface area contributed by atoms with E-state index in [1.165, 1.54) is 11.1 Å². The van der Waals surface area contributed by atoms with Gasteiger partial charge in [-0.15, -0.1) is 0 Å². The Morgan fingerprint density at radius 1 is 1.20 bits per heavy atom. The summed E-state index contributed by atoms with van der Waals surface area (Å²) in [6.07, 6.45) is 5.42. The molecule has 0 fully saturated rings. The molecule has 108 valence electrons. The first-order chi connectivity index (χ1) is 9.79. The van der Waals surface area contributed by atoms with Crippen LogP contribution in [0.2, 0.25) is 0 Å². The minimum atomic E-state index is 0.379. The normalized spacial score (nSPS) is 12.5. The van der Waals surface area contributed by atoms with Crippen LogP contribution in [0, 0.1) is 0 Å². The van der Waals surface area contributed by atoms with Gasteiger partial charge in [-0.2, -0.15) is 0 Å². The Kier molecular flexibility index (Phi) is 5.84. The fourth-order valence-corrected chi connectivity index (χ4v) is 2.26. The van der Waals surface area contributed by atoms with Crippen LogP contribution < -0.4 is 5.32 Å². The molecule has 1 atom stereocenters. The van der Waals surface area contributed by atoms with E-state index >= 15 is 0 Å². The van der Waals surface area contributed by atoms with Crippen LogP contribution in [0.1, 0.15) is 30.5 Å². The Bertz CT molecular complexity index is 493. The van der Waals surface area contributed by atoms with Gasteiger partial charge in [-0.25, -0.2) is 0 Å². The lowest BCUT2D eigenvalue weighted by Crippen LogP contribution is -2.20. The molecule has 20 heavy (non-hydrogen) atoms. The first kappa shape index (κ1) is 14.8. The van der Waals surface area contributed by atoms with Crippen molar-refractivity contribution in [1.29, 1.82) is 0 Å². The summed E-state index contributed by atoms with van der Waals surface area (Å²) in [5.41, 5.74) is 2.66. The second kappa shape index (κ2) is 7.88. The number of methoxy groups -OCH3 is 1. The van der Waals surface area contributed by atoms with Crippen molar-refractivity contribution in [3.63, 3.8) is 0 Å². The summed E-state index contributed by atoms with van der Waals surface area (Å²) in [4.78, 5) is 0. The van der Waals surface area contributed by atoms with Gasteiger partial charge < -0.3 is 14.6 Å². The molecule has 0 radical (unpaired) electrons. The molecule has 0 saturated carbocycles. The summed E-state index contributed by atoms with van der Waals surface area (Å²) in [5, 5.41) is 3.52. The maximum atomic E-state index is 5.06. The highest BCUT2D eigenvalue weighted by Crippen LogP contribution is 2.14. The number of hydrogen-bond acceptors (Lipinski definition) is 2. The first-order valence-electron chi connectivity index (χ1n) is 7.21. The number of nitrogens with zero attached hydrogens (tertiary/aromatic N) is 1. The standard InChI is InChI=1S/C17H24N2O/c1-15(18-10-6-12-20-2)17-9-11-19(14-17)13-16-7-4-3-5-8-16/h3-5,7-9,11,14-15,18H,6,10,12-13H2,1-2H3/t15-/m0/s1. The Labute approximate surface area is 121 Å². The molecule has 0 aliphatic heterocycles. The van der Waals surface area contributed by atoms with Gasteiger partial charge in [-0.1, -0.05) is 30.3 Å². The van der Waals surface area contributed by atoms with Gasteiger partial charge in [0.1, 0.15) is 0 Å². The summed E-state index contributed by atoms with van der Waals surface area (Å²) in [6.45, 7) is 4.93. The summed E-state index contributed by atoms with van der Waals surface area (Å²) < 4.78 is 7.29. The largest absolute Gasteiger partial charge is 0.385 e. The zero-order valence-corrected chi connectivity index (χ0v) is 12.4. The SMILES string of the molecule is COCCCN[C@@H](C)c1ccn(Cc2ccccc2)c1. The topological polar surface area (TPSA) is 26.2 Å². The van der Waals surface area contributed by atoms with Crippen LogP contribution in [0.15, 0.2) is 48.8 Å². The fourth-order valence-electron chi connectivity index (χ4n) is 2.26. The quantitative estimate of drug-likeness (QED) is 0.747. The van der Waals surface area contributed by atoms with E-state index in [-0.39, 0.29) is 0 Å². The highest BCUT2D eigenvalue weighted by Gasteiger charge is 2.06. The zero-order valence-electron chi connectivity index (χ0n) is 12.4. The maximum absolute atomic E-state index is 5.06. The van der Waals surface area contributed by atoms with Crippen LogP contribution in [-0.2, 0) is 11.3 Å². The number of hydrogen-bond donors (Lipinski definition) is 1. The van der Waals surface area contributed by atoms with Gasteiger partial charge in [-0.3, -0.25) is 0 Å². The van der Waals surface area contributed by atoms with Crippen LogP contribution in [0.25, 0.3) is 0 Å². The highest BCUT2D eigenvalue weighted by atomic mass is 16.5. The van der Waals surface area contributed by atoms with Gasteiger partial charge in [0, 0.05) is 38.7 Å². The summed E-state index contributed by atoms with van der Waals surface area (Å²) >= 11 is 0. The number of aromatic nitrogens is 1. The second-order valence-corrected chi connectivity index (χ2v) is 5.12. The van der Waals surface area contributed by atoms with Gasteiger partial charge in [0.2, 0.25) is 0 Å². The lowest BCUT2D eigenvalue weighted by molar-refractivity contribution is 0.193. The molecule has 0 spiro atoms. The van der Waals surface area contributed by atoms with Gasteiger partial charge >= 0.3 is 0 Å². The van der Waals surface area contributed by atoms with Crippen LogP contribution in [0.5, 0.6) is 0 Å². The molecule has 0 amide bonds. The van der Waals surface area contributed by atoms with E-state index in [0.29, 0.717) is 6.04 Å².